The van der Waals surface area contributed by atoms with Crippen molar-refractivity contribution in [1.29, 1.82) is 0 Å². The number of carbonyl (C=O) groups excluding carboxylic acids is 2. The van der Waals surface area contributed by atoms with Crippen molar-refractivity contribution in [3.8, 4) is 0 Å². The molecular formula is C25H32N4O2. The number of nitrogens with zero attached hydrogens (tertiary/aromatic N) is 3. The number of carbonyl (C=O) groups is 2. The van der Waals surface area contributed by atoms with Gasteiger partial charge in [0.1, 0.15) is 0 Å². The molecule has 2 aliphatic heterocycles. The quantitative estimate of drug-likeness (QED) is 0.773. The number of anilines is 2. The molecule has 4 rings (SSSR count). The molecule has 1 unspecified atom stereocenters. The third kappa shape index (κ3) is 4.97. The van der Waals surface area contributed by atoms with Gasteiger partial charge in [0, 0.05) is 43.6 Å². The second kappa shape index (κ2) is 10.1. The predicted molar refractivity (Wildman–Crippen MR) is 123 cm³/mol. The Morgan fingerprint density at radius 1 is 0.871 bits per heavy atom. The highest BCUT2D eigenvalue weighted by molar-refractivity contribution is 6.42. The third-order valence-electron chi connectivity index (χ3n) is 6.66. The molecule has 0 aromatic heterocycles. The van der Waals surface area contributed by atoms with Gasteiger partial charge in [-0.3, -0.25) is 19.4 Å². The Morgan fingerprint density at radius 3 is 1.90 bits per heavy atom. The molecule has 0 aliphatic carbocycles. The molecule has 0 radical (unpaired) electrons. The molecule has 1 N–H and O–H groups in total. The van der Waals surface area contributed by atoms with Crippen LogP contribution in [-0.4, -0.2) is 66.9 Å². The number of amides is 2. The van der Waals surface area contributed by atoms with Crippen LogP contribution in [0.25, 0.3) is 0 Å². The van der Waals surface area contributed by atoms with Gasteiger partial charge in [-0.15, -0.1) is 0 Å². The predicted octanol–water partition coefficient (Wildman–Crippen LogP) is 2.88. The van der Waals surface area contributed by atoms with Crippen LogP contribution >= 0.6 is 0 Å². The van der Waals surface area contributed by atoms with Gasteiger partial charge in [-0.05, 0) is 63.0 Å². The van der Waals surface area contributed by atoms with E-state index in [-0.39, 0.29) is 0 Å². The van der Waals surface area contributed by atoms with Crippen LogP contribution in [0.1, 0.15) is 19.8 Å². The van der Waals surface area contributed by atoms with E-state index in [1.807, 2.05) is 60.7 Å². The maximum Gasteiger partial charge on any atom is 0.321 e. The van der Waals surface area contributed by atoms with Crippen LogP contribution in [0, 0.1) is 5.92 Å². The van der Waals surface area contributed by atoms with Gasteiger partial charge in [-0.25, -0.2) is 0 Å². The first-order valence-electron chi connectivity index (χ1n) is 11.3. The summed E-state index contributed by atoms with van der Waals surface area (Å²) in [4.78, 5) is 32.2. The zero-order valence-corrected chi connectivity index (χ0v) is 18.2. The van der Waals surface area contributed by atoms with E-state index >= 15 is 0 Å². The number of rotatable bonds is 4. The van der Waals surface area contributed by atoms with Crippen LogP contribution in [0.3, 0.4) is 0 Å². The molecule has 2 aromatic carbocycles. The standard InChI is InChI=1S/C25H32N4O2/c1-20(21-12-14-26-15-13-21)27-16-18-28(19-17-27)24(30)25(31)29(22-8-4-2-5-9-22)23-10-6-3-7-11-23/h2-11,20-21,26H,12-19H2,1H3. The van der Waals surface area contributed by atoms with Gasteiger partial charge in [0.25, 0.3) is 0 Å². The normalized spacial score (nSPS) is 19.1. The summed E-state index contributed by atoms with van der Waals surface area (Å²) in [7, 11) is 0. The van der Waals surface area contributed by atoms with Crippen LogP contribution in [0.5, 0.6) is 0 Å². The van der Waals surface area contributed by atoms with Gasteiger partial charge < -0.3 is 10.2 Å². The van der Waals surface area contributed by atoms with E-state index in [1.165, 1.54) is 17.7 Å². The highest BCUT2D eigenvalue weighted by atomic mass is 16.2. The third-order valence-corrected chi connectivity index (χ3v) is 6.66. The monoisotopic (exact) mass is 420 g/mol. The minimum absolute atomic E-state index is 0.429. The maximum atomic E-state index is 13.3. The number of hydrogen-bond donors (Lipinski definition) is 1. The largest absolute Gasteiger partial charge is 0.332 e. The lowest BCUT2D eigenvalue weighted by Crippen LogP contribution is -2.56. The number of para-hydroxylation sites is 2. The summed E-state index contributed by atoms with van der Waals surface area (Å²) < 4.78 is 0. The molecule has 2 amide bonds. The van der Waals surface area contributed by atoms with E-state index in [1.54, 1.807) is 4.90 Å². The van der Waals surface area contributed by atoms with Crippen molar-refractivity contribution in [1.82, 2.24) is 15.1 Å². The van der Waals surface area contributed by atoms with Gasteiger partial charge in [0.05, 0.1) is 0 Å². The fraction of sp³-hybridized carbons (Fsp3) is 0.440. The average molecular weight is 421 g/mol. The van der Waals surface area contributed by atoms with E-state index < -0.39 is 11.8 Å². The Balaban J connectivity index is 1.43. The molecule has 0 spiro atoms. The Morgan fingerprint density at radius 2 is 1.39 bits per heavy atom. The molecule has 2 aliphatic rings. The first-order chi connectivity index (χ1) is 15.1. The van der Waals surface area contributed by atoms with E-state index in [4.69, 9.17) is 0 Å². The number of benzene rings is 2. The van der Waals surface area contributed by atoms with Gasteiger partial charge in [-0.1, -0.05) is 36.4 Å². The molecule has 0 saturated carbocycles. The van der Waals surface area contributed by atoms with Gasteiger partial charge >= 0.3 is 11.8 Å². The molecule has 1 atom stereocenters. The number of piperidine rings is 1. The first-order valence-corrected chi connectivity index (χ1v) is 11.3. The van der Waals surface area contributed by atoms with E-state index in [9.17, 15) is 9.59 Å². The van der Waals surface area contributed by atoms with E-state index in [0.29, 0.717) is 36.4 Å². The van der Waals surface area contributed by atoms with E-state index in [2.05, 4.69) is 17.1 Å². The van der Waals surface area contributed by atoms with Crippen molar-refractivity contribution >= 4 is 23.2 Å². The van der Waals surface area contributed by atoms with Gasteiger partial charge in [0.15, 0.2) is 0 Å². The molecule has 164 valence electrons. The summed E-state index contributed by atoms with van der Waals surface area (Å²) in [6.07, 6.45) is 2.42. The first kappa shape index (κ1) is 21.5. The fourth-order valence-electron chi connectivity index (χ4n) is 4.73. The summed E-state index contributed by atoms with van der Waals surface area (Å²) in [5.74, 6) is -0.226. The fourth-order valence-corrected chi connectivity index (χ4v) is 4.73. The smallest absolute Gasteiger partial charge is 0.321 e. The molecule has 31 heavy (non-hydrogen) atoms. The molecule has 0 bridgehead atoms. The lowest BCUT2D eigenvalue weighted by molar-refractivity contribution is -0.145. The lowest BCUT2D eigenvalue weighted by atomic mass is 9.90. The summed E-state index contributed by atoms with van der Waals surface area (Å²) >= 11 is 0. The van der Waals surface area contributed by atoms with Crippen molar-refractivity contribution in [2.75, 3.05) is 44.2 Å². The zero-order chi connectivity index (χ0) is 21.6. The van der Waals surface area contributed by atoms with Gasteiger partial charge in [-0.2, -0.15) is 0 Å². The molecule has 2 saturated heterocycles. The molecule has 2 aromatic rings. The summed E-state index contributed by atoms with van der Waals surface area (Å²) in [6.45, 7) is 7.33. The molecule has 2 heterocycles. The van der Waals surface area contributed by atoms with Crippen molar-refractivity contribution < 1.29 is 9.59 Å². The molecular weight excluding hydrogens is 388 g/mol. The zero-order valence-electron chi connectivity index (χ0n) is 18.2. The minimum Gasteiger partial charge on any atom is -0.332 e. The summed E-state index contributed by atoms with van der Waals surface area (Å²) in [5.41, 5.74) is 1.40. The number of piperazine rings is 1. The van der Waals surface area contributed by atoms with Crippen molar-refractivity contribution in [3.63, 3.8) is 0 Å². The molecule has 6 heteroatoms. The topological polar surface area (TPSA) is 55.9 Å². The highest BCUT2D eigenvalue weighted by Gasteiger charge is 2.33. The van der Waals surface area contributed by atoms with E-state index in [0.717, 1.165) is 26.2 Å². The average Bonchev–Trinajstić information content (AvgIpc) is 2.85. The second-order valence-electron chi connectivity index (χ2n) is 8.47. The van der Waals surface area contributed by atoms with Crippen molar-refractivity contribution in [2.45, 2.75) is 25.8 Å². The van der Waals surface area contributed by atoms with Crippen LogP contribution in [-0.2, 0) is 9.59 Å². The summed E-state index contributed by atoms with van der Waals surface area (Å²) in [5, 5.41) is 3.43. The number of nitrogens with one attached hydrogen (secondary N) is 1. The van der Waals surface area contributed by atoms with Crippen LogP contribution < -0.4 is 10.2 Å². The van der Waals surface area contributed by atoms with Crippen molar-refractivity contribution in [3.05, 3.63) is 60.7 Å². The van der Waals surface area contributed by atoms with Crippen molar-refractivity contribution in [2.24, 2.45) is 5.92 Å². The Labute approximate surface area is 184 Å². The van der Waals surface area contributed by atoms with Crippen LogP contribution in [0.15, 0.2) is 60.7 Å². The Bertz CT molecular complexity index is 820. The Kier molecular flexibility index (Phi) is 6.99. The van der Waals surface area contributed by atoms with Gasteiger partial charge in [0.2, 0.25) is 0 Å². The Hall–Kier alpha value is -2.70. The molecule has 2 fully saturated rings. The molecule has 6 nitrogen and oxygen atoms in total. The van der Waals surface area contributed by atoms with Crippen LogP contribution in [0.2, 0.25) is 0 Å². The minimum atomic E-state index is -0.503. The van der Waals surface area contributed by atoms with Crippen LogP contribution in [0.4, 0.5) is 11.4 Å². The maximum absolute atomic E-state index is 13.3. The highest BCUT2D eigenvalue weighted by Crippen LogP contribution is 2.26. The SMILES string of the molecule is CC(C1CCNCC1)N1CCN(C(=O)C(=O)N(c2ccccc2)c2ccccc2)CC1. The summed E-state index contributed by atoms with van der Waals surface area (Å²) in [6, 6.07) is 19.3. The second-order valence-corrected chi connectivity index (χ2v) is 8.47. The number of hydrogen-bond acceptors (Lipinski definition) is 4. The lowest BCUT2D eigenvalue weighted by Gasteiger charge is -2.42.